The molecule has 0 bridgehead atoms. The fourth-order valence-corrected chi connectivity index (χ4v) is 1.69. The summed E-state index contributed by atoms with van der Waals surface area (Å²) in [6.45, 7) is 6.30. The van der Waals surface area contributed by atoms with Crippen LogP contribution < -0.4 is 4.74 Å². The van der Waals surface area contributed by atoms with E-state index in [-0.39, 0.29) is 12.5 Å². The molecule has 0 saturated heterocycles. The molecule has 0 aliphatic carbocycles. The Morgan fingerprint density at radius 3 is 2.50 bits per heavy atom. The zero-order chi connectivity index (χ0) is 10.7. The molecule has 14 heavy (non-hydrogen) atoms. The molecule has 0 fully saturated rings. The molecule has 2 heteroatoms. The van der Waals surface area contributed by atoms with Gasteiger partial charge in [-0.3, -0.25) is 0 Å². The molecule has 0 aliphatic rings. The summed E-state index contributed by atoms with van der Waals surface area (Å²) in [5, 5.41) is 9.17. The molecule has 78 valence electrons. The van der Waals surface area contributed by atoms with Gasteiger partial charge in [-0.05, 0) is 31.0 Å². The van der Waals surface area contributed by atoms with Gasteiger partial charge in [-0.1, -0.05) is 13.0 Å². The predicted molar refractivity (Wildman–Crippen MR) is 58.0 cm³/mol. The van der Waals surface area contributed by atoms with Crippen molar-refractivity contribution in [2.24, 2.45) is 0 Å². The average Bonchev–Trinajstić information content (AvgIpc) is 2.20. The maximum absolute atomic E-state index is 9.17. The van der Waals surface area contributed by atoms with Crippen LogP contribution in [-0.4, -0.2) is 18.8 Å². The van der Waals surface area contributed by atoms with E-state index in [2.05, 4.69) is 13.8 Å². The van der Waals surface area contributed by atoms with E-state index >= 15 is 0 Å². The summed E-state index contributed by atoms with van der Waals surface area (Å²) in [5.41, 5.74) is 3.57. The summed E-state index contributed by atoms with van der Waals surface area (Å²) in [5.74, 6) is 1.000. The molecule has 0 amide bonds. The first-order valence-electron chi connectivity index (χ1n) is 4.86. The molecule has 2 nitrogen and oxygen atoms in total. The smallest absolute Gasteiger partial charge is 0.122 e. The number of ether oxygens (including phenoxy) is 1. The topological polar surface area (TPSA) is 29.5 Å². The zero-order valence-electron chi connectivity index (χ0n) is 9.29. The van der Waals surface area contributed by atoms with Gasteiger partial charge in [0, 0.05) is 18.1 Å². The Hall–Kier alpha value is -1.02. The molecule has 1 N–H and O–H groups in total. The van der Waals surface area contributed by atoms with Crippen molar-refractivity contribution in [2.75, 3.05) is 13.7 Å². The van der Waals surface area contributed by atoms with Gasteiger partial charge in [0.15, 0.2) is 0 Å². The van der Waals surface area contributed by atoms with E-state index in [0.29, 0.717) is 0 Å². The third kappa shape index (κ3) is 1.90. The predicted octanol–water partition coefficient (Wildman–Crippen LogP) is 2.41. The normalized spacial score (nSPS) is 12.6. The first-order valence-corrected chi connectivity index (χ1v) is 4.86. The Morgan fingerprint density at radius 1 is 1.36 bits per heavy atom. The maximum atomic E-state index is 9.17. The molecule has 1 unspecified atom stereocenters. The van der Waals surface area contributed by atoms with Gasteiger partial charge < -0.3 is 9.84 Å². The van der Waals surface area contributed by atoms with Gasteiger partial charge >= 0.3 is 0 Å². The van der Waals surface area contributed by atoms with Crippen molar-refractivity contribution in [3.63, 3.8) is 0 Å². The van der Waals surface area contributed by atoms with Crippen LogP contribution in [0.5, 0.6) is 5.75 Å². The van der Waals surface area contributed by atoms with E-state index in [9.17, 15) is 0 Å². The number of hydrogen-bond acceptors (Lipinski definition) is 2. The van der Waals surface area contributed by atoms with Gasteiger partial charge in [-0.25, -0.2) is 0 Å². The Kier molecular flexibility index (Phi) is 3.53. The highest BCUT2D eigenvalue weighted by Gasteiger charge is 2.14. The Labute approximate surface area is 85.5 Å². The van der Waals surface area contributed by atoms with E-state index < -0.39 is 0 Å². The molecular weight excluding hydrogens is 176 g/mol. The molecule has 1 aromatic carbocycles. The van der Waals surface area contributed by atoms with Gasteiger partial charge in [0.25, 0.3) is 0 Å². The van der Waals surface area contributed by atoms with Crippen LogP contribution in [-0.2, 0) is 0 Å². The summed E-state index contributed by atoms with van der Waals surface area (Å²) >= 11 is 0. The molecule has 1 atom stereocenters. The summed E-state index contributed by atoms with van der Waals surface area (Å²) in [6, 6.07) is 4.01. The van der Waals surface area contributed by atoms with Crippen LogP contribution in [0.1, 0.15) is 29.5 Å². The van der Waals surface area contributed by atoms with Crippen LogP contribution in [0.25, 0.3) is 0 Å². The fourth-order valence-electron chi connectivity index (χ4n) is 1.69. The highest BCUT2D eigenvalue weighted by atomic mass is 16.5. The lowest BCUT2D eigenvalue weighted by molar-refractivity contribution is 0.269. The molecule has 0 saturated carbocycles. The van der Waals surface area contributed by atoms with Crippen LogP contribution in [0.15, 0.2) is 12.1 Å². The Bertz CT molecular complexity index is 318. The van der Waals surface area contributed by atoms with Crippen molar-refractivity contribution >= 4 is 0 Å². The van der Waals surface area contributed by atoms with Gasteiger partial charge in [0.1, 0.15) is 5.75 Å². The summed E-state index contributed by atoms with van der Waals surface area (Å²) in [6.07, 6.45) is 0. The van der Waals surface area contributed by atoms with Crippen LogP contribution in [0.2, 0.25) is 0 Å². The number of aliphatic hydroxyl groups is 1. The fraction of sp³-hybridized carbons (Fsp3) is 0.500. The highest BCUT2D eigenvalue weighted by molar-refractivity contribution is 5.46. The van der Waals surface area contributed by atoms with Crippen molar-refractivity contribution in [2.45, 2.75) is 26.7 Å². The monoisotopic (exact) mass is 194 g/mol. The van der Waals surface area contributed by atoms with Crippen molar-refractivity contribution in [1.29, 1.82) is 0 Å². The maximum Gasteiger partial charge on any atom is 0.122 e. The SMILES string of the molecule is COc1ccc(C)c(C)c1C(C)CO. The van der Waals surface area contributed by atoms with E-state index in [1.807, 2.05) is 19.1 Å². The standard InChI is InChI=1S/C12H18O2/c1-8-5-6-11(14-4)12(10(8)3)9(2)7-13/h5-6,9,13H,7H2,1-4H3. The second-order valence-corrected chi connectivity index (χ2v) is 3.71. The van der Waals surface area contributed by atoms with E-state index in [1.54, 1.807) is 7.11 Å². The molecule has 0 aliphatic heterocycles. The van der Waals surface area contributed by atoms with E-state index in [0.717, 1.165) is 11.3 Å². The molecule has 0 radical (unpaired) electrons. The number of rotatable bonds is 3. The minimum Gasteiger partial charge on any atom is -0.496 e. The number of methoxy groups -OCH3 is 1. The minimum atomic E-state index is 0.129. The third-order valence-corrected chi connectivity index (χ3v) is 2.73. The molecule has 0 spiro atoms. The number of hydrogen-bond donors (Lipinski definition) is 1. The van der Waals surface area contributed by atoms with Gasteiger partial charge in [0.05, 0.1) is 7.11 Å². The van der Waals surface area contributed by atoms with Crippen molar-refractivity contribution in [1.82, 2.24) is 0 Å². The summed E-state index contributed by atoms with van der Waals surface area (Å²) < 4.78 is 5.29. The van der Waals surface area contributed by atoms with E-state index in [1.165, 1.54) is 11.1 Å². The van der Waals surface area contributed by atoms with Crippen LogP contribution in [0, 0.1) is 13.8 Å². The number of benzene rings is 1. The molecule has 1 rings (SSSR count). The third-order valence-electron chi connectivity index (χ3n) is 2.73. The molecular formula is C12H18O2. The van der Waals surface area contributed by atoms with Crippen LogP contribution >= 0.6 is 0 Å². The van der Waals surface area contributed by atoms with Crippen molar-refractivity contribution < 1.29 is 9.84 Å². The number of aliphatic hydroxyl groups excluding tert-OH is 1. The van der Waals surface area contributed by atoms with Crippen molar-refractivity contribution in [3.05, 3.63) is 28.8 Å². The first kappa shape index (κ1) is 11.1. The average molecular weight is 194 g/mol. The second-order valence-electron chi connectivity index (χ2n) is 3.71. The van der Waals surface area contributed by atoms with Gasteiger partial charge in [-0.2, -0.15) is 0 Å². The lowest BCUT2D eigenvalue weighted by atomic mass is 9.93. The minimum absolute atomic E-state index is 0.129. The summed E-state index contributed by atoms with van der Waals surface area (Å²) in [7, 11) is 1.66. The Morgan fingerprint density at radius 2 is 2.00 bits per heavy atom. The lowest BCUT2D eigenvalue weighted by Gasteiger charge is -2.17. The van der Waals surface area contributed by atoms with Crippen LogP contribution in [0.3, 0.4) is 0 Å². The zero-order valence-corrected chi connectivity index (χ0v) is 9.29. The van der Waals surface area contributed by atoms with Crippen molar-refractivity contribution in [3.8, 4) is 5.75 Å². The summed E-state index contributed by atoms with van der Waals surface area (Å²) in [4.78, 5) is 0. The van der Waals surface area contributed by atoms with E-state index in [4.69, 9.17) is 9.84 Å². The Balaban J connectivity index is 3.27. The lowest BCUT2D eigenvalue weighted by Crippen LogP contribution is -2.05. The molecule has 1 aromatic rings. The second kappa shape index (κ2) is 4.47. The molecule has 0 aromatic heterocycles. The van der Waals surface area contributed by atoms with Crippen LogP contribution in [0.4, 0.5) is 0 Å². The number of aryl methyl sites for hydroxylation is 1. The quantitative estimate of drug-likeness (QED) is 0.800. The largest absolute Gasteiger partial charge is 0.496 e. The van der Waals surface area contributed by atoms with Gasteiger partial charge in [-0.15, -0.1) is 0 Å². The molecule has 0 heterocycles. The first-order chi connectivity index (χ1) is 6.61. The van der Waals surface area contributed by atoms with Gasteiger partial charge in [0.2, 0.25) is 0 Å². The highest BCUT2D eigenvalue weighted by Crippen LogP contribution is 2.31.